The van der Waals surface area contributed by atoms with E-state index in [1.54, 1.807) is 0 Å². The molecule has 0 saturated heterocycles. The number of ether oxygens (including phenoxy) is 1. The number of nitrogens with zero attached hydrogens (tertiary/aromatic N) is 1. The Morgan fingerprint density at radius 3 is 3.07 bits per heavy atom. The van der Waals surface area contributed by atoms with Crippen molar-refractivity contribution in [3.05, 3.63) is 29.8 Å². The summed E-state index contributed by atoms with van der Waals surface area (Å²) in [4.78, 5) is 14.8. The molecule has 14 heavy (non-hydrogen) atoms. The lowest BCUT2D eigenvalue weighted by Crippen LogP contribution is -2.15. The van der Waals surface area contributed by atoms with Gasteiger partial charge in [0.25, 0.3) is 0 Å². The topological polar surface area (TPSA) is 65.2 Å². The van der Waals surface area contributed by atoms with Gasteiger partial charge in [-0.15, -0.1) is 0 Å². The summed E-state index contributed by atoms with van der Waals surface area (Å²) in [7, 11) is 0. The SMILES string of the molecule is NCCOCC(=O)c1ccncc1F. The van der Waals surface area contributed by atoms with Crippen LogP contribution in [0, 0.1) is 5.82 Å². The molecule has 1 aromatic heterocycles. The van der Waals surface area contributed by atoms with E-state index >= 15 is 0 Å². The van der Waals surface area contributed by atoms with Crippen LogP contribution in [0.4, 0.5) is 4.39 Å². The highest BCUT2D eigenvalue weighted by Gasteiger charge is 2.10. The number of ketones is 1. The third-order valence-corrected chi connectivity index (χ3v) is 1.57. The maximum absolute atomic E-state index is 13.0. The summed E-state index contributed by atoms with van der Waals surface area (Å²) in [5.41, 5.74) is 5.16. The lowest BCUT2D eigenvalue weighted by Gasteiger charge is -2.02. The predicted molar refractivity (Wildman–Crippen MR) is 48.4 cm³/mol. The molecule has 0 aromatic carbocycles. The highest BCUT2D eigenvalue weighted by atomic mass is 19.1. The second kappa shape index (κ2) is 5.41. The number of rotatable bonds is 5. The van der Waals surface area contributed by atoms with E-state index in [1.165, 1.54) is 12.3 Å². The maximum Gasteiger partial charge on any atom is 0.191 e. The Balaban J connectivity index is 2.56. The zero-order valence-corrected chi connectivity index (χ0v) is 7.57. The molecule has 0 aliphatic carbocycles. The molecule has 0 bridgehead atoms. The van der Waals surface area contributed by atoms with Crippen molar-refractivity contribution in [2.45, 2.75) is 0 Å². The summed E-state index contributed by atoms with van der Waals surface area (Å²) in [5, 5.41) is 0. The molecule has 0 spiro atoms. The summed E-state index contributed by atoms with van der Waals surface area (Å²) in [5.74, 6) is -1.04. The van der Waals surface area contributed by atoms with Crippen molar-refractivity contribution in [1.29, 1.82) is 0 Å². The highest BCUT2D eigenvalue weighted by Crippen LogP contribution is 2.05. The zero-order chi connectivity index (χ0) is 10.4. The van der Waals surface area contributed by atoms with Gasteiger partial charge in [-0.3, -0.25) is 9.78 Å². The molecular formula is C9H11FN2O2. The van der Waals surface area contributed by atoms with E-state index in [4.69, 9.17) is 10.5 Å². The molecule has 0 saturated carbocycles. The molecule has 4 nitrogen and oxygen atoms in total. The summed E-state index contributed by atoms with van der Waals surface area (Å²) in [6.45, 7) is 0.475. The first-order valence-electron chi connectivity index (χ1n) is 4.16. The average Bonchev–Trinajstić information content (AvgIpc) is 2.18. The minimum atomic E-state index is -0.631. The maximum atomic E-state index is 13.0. The van der Waals surface area contributed by atoms with Gasteiger partial charge in [-0.2, -0.15) is 0 Å². The van der Waals surface area contributed by atoms with Gasteiger partial charge in [-0.25, -0.2) is 4.39 Å². The van der Waals surface area contributed by atoms with Crippen LogP contribution < -0.4 is 5.73 Å². The molecule has 0 amide bonds. The summed E-state index contributed by atoms with van der Waals surface area (Å²) < 4.78 is 17.9. The molecule has 76 valence electrons. The first-order chi connectivity index (χ1) is 6.75. The summed E-state index contributed by atoms with van der Waals surface area (Å²) in [6, 6.07) is 1.32. The average molecular weight is 198 g/mol. The highest BCUT2D eigenvalue weighted by molar-refractivity contribution is 5.97. The Kier molecular flexibility index (Phi) is 4.15. The molecule has 0 aliphatic heterocycles. The molecule has 1 heterocycles. The quantitative estimate of drug-likeness (QED) is 0.548. The monoisotopic (exact) mass is 198 g/mol. The number of hydrogen-bond acceptors (Lipinski definition) is 4. The van der Waals surface area contributed by atoms with Crippen molar-refractivity contribution in [3.8, 4) is 0 Å². The lowest BCUT2D eigenvalue weighted by atomic mass is 10.2. The smallest absolute Gasteiger partial charge is 0.191 e. The van der Waals surface area contributed by atoms with E-state index in [0.29, 0.717) is 13.2 Å². The number of Topliss-reactive ketones (excluding diaryl/α,β-unsaturated/α-hetero) is 1. The predicted octanol–water partition coefficient (Wildman–Crippen LogP) is 0.379. The third kappa shape index (κ3) is 2.86. The number of pyridine rings is 1. The standard InChI is InChI=1S/C9H11FN2O2/c10-8-5-12-3-1-7(8)9(13)6-14-4-2-11/h1,3,5H,2,4,6,11H2. The third-order valence-electron chi connectivity index (χ3n) is 1.57. The zero-order valence-electron chi connectivity index (χ0n) is 7.57. The molecular weight excluding hydrogens is 187 g/mol. The normalized spacial score (nSPS) is 10.1. The molecule has 0 unspecified atom stereocenters. The molecule has 1 aromatic rings. The first-order valence-corrected chi connectivity index (χ1v) is 4.16. The van der Waals surface area contributed by atoms with Crippen LogP contribution in [0.3, 0.4) is 0 Å². The molecule has 2 N–H and O–H groups in total. The van der Waals surface area contributed by atoms with Crippen LogP contribution >= 0.6 is 0 Å². The number of aromatic nitrogens is 1. The van der Waals surface area contributed by atoms with Gasteiger partial charge < -0.3 is 10.5 Å². The van der Waals surface area contributed by atoms with Gasteiger partial charge in [0.1, 0.15) is 6.61 Å². The number of carbonyl (C=O) groups is 1. The van der Waals surface area contributed by atoms with Crippen molar-refractivity contribution in [1.82, 2.24) is 4.98 Å². The van der Waals surface area contributed by atoms with Crippen LogP contribution in [-0.4, -0.2) is 30.5 Å². The van der Waals surface area contributed by atoms with E-state index in [2.05, 4.69) is 4.98 Å². The van der Waals surface area contributed by atoms with Crippen molar-refractivity contribution in [3.63, 3.8) is 0 Å². The molecule has 0 atom stereocenters. The molecule has 0 aliphatic rings. The fourth-order valence-electron chi connectivity index (χ4n) is 0.927. The number of hydrogen-bond donors (Lipinski definition) is 1. The Bertz CT molecular complexity index is 317. The van der Waals surface area contributed by atoms with E-state index in [1.807, 2.05) is 0 Å². The second-order valence-corrected chi connectivity index (χ2v) is 2.62. The first kappa shape index (κ1) is 10.7. The van der Waals surface area contributed by atoms with Crippen molar-refractivity contribution in [2.24, 2.45) is 5.73 Å². The second-order valence-electron chi connectivity index (χ2n) is 2.62. The number of nitrogens with two attached hydrogens (primary N) is 1. The Morgan fingerprint density at radius 1 is 1.64 bits per heavy atom. The van der Waals surface area contributed by atoms with Crippen molar-refractivity contribution >= 4 is 5.78 Å². The van der Waals surface area contributed by atoms with E-state index in [0.717, 1.165) is 6.20 Å². The Hall–Kier alpha value is -1.33. The largest absolute Gasteiger partial charge is 0.372 e. The van der Waals surface area contributed by atoms with Crippen LogP contribution in [0.25, 0.3) is 0 Å². The van der Waals surface area contributed by atoms with Crippen LogP contribution in [0.2, 0.25) is 0 Å². The van der Waals surface area contributed by atoms with Crippen molar-refractivity contribution < 1.29 is 13.9 Å². The minimum absolute atomic E-state index is 0.00276. The van der Waals surface area contributed by atoms with E-state index < -0.39 is 11.6 Å². The minimum Gasteiger partial charge on any atom is -0.372 e. The van der Waals surface area contributed by atoms with Gasteiger partial charge in [0.05, 0.1) is 18.4 Å². The van der Waals surface area contributed by atoms with Crippen LogP contribution in [0.1, 0.15) is 10.4 Å². The van der Waals surface area contributed by atoms with Gasteiger partial charge in [0.15, 0.2) is 11.6 Å². The van der Waals surface area contributed by atoms with Crippen molar-refractivity contribution in [2.75, 3.05) is 19.8 Å². The van der Waals surface area contributed by atoms with E-state index in [-0.39, 0.29) is 12.2 Å². The van der Waals surface area contributed by atoms with Gasteiger partial charge in [-0.05, 0) is 6.07 Å². The Labute approximate surface area is 80.9 Å². The Morgan fingerprint density at radius 2 is 2.43 bits per heavy atom. The fourth-order valence-corrected chi connectivity index (χ4v) is 0.927. The van der Waals surface area contributed by atoms with Gasteiger partial charge in [-0.1, -0.05) is 0 Å². The van der Waals surface area contributed by atoms with Gasteiger partial charge >= 0.3 is 0 Å². The number of halogens is 1. The molecule has 0 radical (unpaired) electrons. The fraction of sp³-hybridized carbons (Fsp3) is 0.333. The number of carbonyl (C=O) groups excluding carboxylic acids is 1. The van der Waals surface area contributed by atoms with Gasteiger partial charge in [0, 0.05) is 12.7 Å². The summed E-state index contributed by atoms with van der Waals surface area (Å²) in [6.07, 6.45) is 2.36. The molecule has 1 rings (SSSR count). The van der Waals surface area contributed by atoms with Gasteiger partial charge in [0.2, 0.25) is 0 Å². The van der Waals surface area contributed by atoms with Crippen LogP contribution in [-0.2, 0) is 4.74 Å². The lowest BCUT2D eigenvalue weighted by molar-refractivity contribution is 0.0770. The van der Waals surface area contributed by atoms with Crippen LogP contribution in [0.15, 0.2) is 18.5 Å². The van der Waals surface area contributed by atoms with Crippen LogP contribution in [0.5, 0.6) is 0 Å². The van der Waals surface area contributed by atoms with E-state index in [9.17, 15) is 9.18 Å². The molecule has 5 heteroatoms. The molecule has 0 fully saturated rings. The summed E-state index contributed by atoms with van der Waals surface area (Å²) >= 11 is 0.